The van der Waals surface area contributed by atoms with Gasteiger partial charge in [0.2, 0.25) is 5.13 Å². The number of aromatic nitrogens is 2. The third kappa shape index (κ3) is 4.64. The van der Waals surface area contributed by atoms with E-state index in [-0.39, 0.29) is 17.4 Å². The highest BCUT2D eigenvalue weighted by atomic mass is 32.2. The highest BCUT2D eigenvalue weighted by Gasteiger charge is 2.12. The van der Waals surface area contributed by atoms with Crippen LogP contribution in [0, 0.1) is 0 Å². The Bertz CT molecular complexity index is 1000. The Hall–Kier alpha value is -2.78. The second-order valence-electron chi connectivity index (χ2n) is 5.37. The number of ether oxygens (including phenoxy) is 1. The van der Waals surface area contributed by atoms with Crippen LogP contribution in [0.3, 0.4) is 0 Å². The molecule has 1 amide bonds. The standard InChI is InChI=1S/C17H15N3O4S2/c1-26(22,23)14-9-7-12(8-10-14)16-19-17(25-20-16)18-15(21)11-24-13-5-3-2-4-6-13/h2-10H,11H2,1H3,(H,18,19,20,21). The van der Waals surface area contributed by atoms with Gasteiger partial charge in [0.25, 0.3) is 5.91 Å². The monoisotopic (exact) mass is 389 g/mol. The van der Waals surface area contributed by atoms with Crippen LogP contribution in [-0.2, 0) is 14.6 Å². The first kappa shape index (κ1) is 18.0. The summed E-state index contributed by atoms with van der Waals surface area (Å²) in [6.45, 7) is -0.137. The third-order valence-electron chi connectivity index (χ3n) is 3.33. The first-order valence-corrected chi connectivity index (χ1v) is 10.2. The van der Waals surface area contributed by atoms with Crippen LogP contribution >= 0.6 is 11.5 Å². The van der Waals surface area contributed by atoms with E-state index in [2.05, 4.69) is 14.7 Å². The molecular weight excluding hydrogens is 374 g/mol. The summed E-state index contributed by atoms with van der Waals surface area (Å²) < 4.78 is 32.5. The maximum atomic E-state index is 11.9. The van der Waals surface area contributed by atoms with Gasteiger partial charge in [-0.1, -0.05) is 18.2 Å². The summed E-state index contributed by atoms with van der Waals surface area (Å²) in [6.07, 6.45) is 1.15. The number of anilines is 1. The molecule has 0 atom stereocenters. The SMILES string of the molecule is CS(=O)(=O)c1ccc(-c2nsc(NC(=O)COc3ccccc3)n2)cc1. The molecule has 0 aliphatic rings. The van der Waals surface area contributed by atoms with Gasteiger partial charge in [-0.3, -0.25) is 10.1 Å². The molecule has 0 spiro atoms. The van der Waals surface area contributed by atoms with Crippen molar-refractivity contribution in [3.8, 4) is 17.1 Å². The summed E-state index contributed by atoms with van der Waals surface area (Å²) in [6, 6.07) is 15.3. The first-order chi connectivity index (χ1) is 12.4. The molecule has 0 fully saturated rings. The molecule has 0 saturated carbocycles. The Morgan fingerprint density at radius 3 is 2.46 bits per heavy atom. The molecule has 3 aromatic rings. The number of benzene rings is 2. The summed E-state index contributed by atoms with van der Waals surface area (Å²) in [5, 5.41) is 2.96. The minimum atomic E-state index is -3.25. The molecule has 1 heterocycles. The van der Waals surface area contributed by atoms with Gasteiger partial charge < -0.3 is 4.74 Å². The zero-order chi connectivity index (χ0) is 18.6. The zero-order valence-corrected chi connectivity index (χ0v) is 15.4. The maximum Gasteiger partial charge on any atom is 0.264 e. The molecule has 0 aliphatic heterocycles. The van der Waals surface area contributed by atoms with Crippen molar-refractivity contribution >= 4 is 32.4 Å². The Kier molecular flexibility index (Phi) is 5.29. The topological polar surface area (TPSA) is 98.2 Å². The summed E-state index contributed by atoms with van der Waals surface area (Å²) in [5.74, 6) is 0.671. The van der Waals surface area contributed by atoms with E-state index in [0.29, 0.717) is 22.3 Å². The van der Waals surface area contributed by atoms with E-state index < -0.39 is 9.84 Å². The maximum absolute atomic E-state index is 11.9. The van der Waals surface area contributed by atoms with E-state index in [9.17, 15) is 13.2 Å². The van der Waals surface area contributed by atoms with Gasteiger partial charge in [0.05, 0.1) is 4.90 Å². The van der Waals surface area contributed by atoms with E-state index in [1.54, 1.807) is 24.3 Å². The summed E-state index contributed by atoms with van der Waals surface area (Å²) in [7, 11) is -3.25. The summed E-state index contributed by atoms with van der Waals surface area (Å²) >= 11 is 1.04. The van der Waals surface area contributed by atoms with Crippen molar-refractivity contribution in [2.45, 2.75) is 4.90 Å². The van der Waals surface area contributed by atoms with Gasteiger partial charge in [0.15, 0.2) is 22.3 Å². The smallest absolute Gasteiger partial charge is 0.264 e. The van der Waals surface area contributed by atoms with Crippen LogP contribution in [0.1, 0.15) is 0 Å². The number of hydrogen-bond donors (Lipinski definition) is 1. The molecule has 134 valence electrons. The highest BCUT2D eigenvalue weighted by Crippen LogP contribution is 2.22. The van der Waals surface area contributed by atoms with Crippen molar-refractivity contribution in [3.05, 3.63) is 54.6 Å². The molecule has 0 bridgehead atoms. The lowest BCUT2D eigenvalue weighted by Crippen LogP contribution is -2.20. The van der Waals surface area contributed by atoms with E-state index in [1.165, 1.54) is 12.1 Å². The van der Waals surface area contributed by atoms with Crippen molar-refractivity contribution in [1.82, 2.24) is 9.36 Å². The summed E-state index contributed by atoms with van der Waals surface area (Å²) in [4.78, 5) is 16.4. The largest absolute Gasteiger partial charge is 0.484 e. The molecule has 7 nitrogen and oxygen atoms in total. The van der Waals surface area contributed by atoms with E-state index in [0.717, 1.165) is 17.8 Å². The quantitative estimate of drug-likeness (QED) is 0.696. The van der Waals surface area contributed by atoms with Crippen LogP contribution in [0.25, 0.3) is 11.4 Å². The highest BCUT2D eigenvalue weighted by molar-refractivity contribution is 7.90. The molecule has 2 aromatic carbocycles. The van der Waals surface area contributed by atoms with Gasteiger partial charge >= 0.3 is 0 Å². The first-order valence-electron chi connectivity index (χ1n) is 7.54. The number of sulfone groups is 1. The van der Waals surface area contributed by atoms with Crippen LogP contribution in [0.4, 0.5) is 5.13 Å². The van der Waals surface area contributed by atoms with Gasteiger partial charge in [-0.25, -0.2) is 8.42 Å². The predicted molar refractivity (Wildman–Crippen MR) is 99.0 cm³/mol. The van der Waals surface area contributed by atoms with Crippen LogP contribution in [0.5, 0.6) is 5.75 Å². The van der Waals surface area contributed by atoms with E-state index in [4.69, 9.17) is 4.74 Å². The molecule has 0 unspecified atom stereocenters. The Morgan fingerprint density at radius 1 is 1.12 bits per heavy atom. The Morgan fingerprint density at radius 2 is 1.81 bits per heavy atom. The van der Waals surface area contributed by atoms with Crippen molar-refractivity contribution in [2.24, 2.45) is 0 Å². The lowest BCUT2D eigenvalue weighted by molar-refractivity contribution is -0.118. The lowest BCUT2D eigenvalue weighted by atomic mass is 10.2. The minimum absolute atomic E-state index is 0.137. The van der Waals surface area contributed by atoms with Crippen molar-refractivity contribution in [1.29, 1.82) is 0 Å². The number of hydrogen-bond acceptors (Lipinski definition) is 7. The number of rotatable bonds is 6. The predicted octanol–water partition coefficient (Wildman–Crippen LogP) is 2.63. The fourth-order valence-corrected chi connectivity index (χ4v) is 3.30. The average molecular weight is 389 g/mol. The third-order valence-corrected chi connectivity index (χ3v) is 5.09. The number of nitrogens with zero attached hydrogens (tertiary/aromatic N) is 2. The number of para-hydroxylation sites is 1. The van der Waals surface area contributed by atoms with Gasteiger partial charge in [-0.2, -0.15) is 9.36 Å². The molecule has 0 aliphatic carbocycles. The van der Waals surface area contributed by atoms with E-state index in [1.807, 2.05) is 18.2 Å². The second kappa shape index (κ2) is 7.63. The van der Waals surface area contributed by atoms with Gasteiger partial charge in [-0.15, -0.1) is 0 Å². The zero-order valence-electron chi connectivity index (χ0n) is 13.7. The number of amides is 1. The number of nitrogens with one attached hydrogen (secondary N) is 1. The Labute approximate surface area is 154 Å². The molecule has 1 N–H and O–H groups in total. The van der Waals surface area contributed by atoms with Crippen LogP contribution in [-0.4, -0.2) is 36.5 Å². The van der Waals surface area contributed by atoms with Gasteiger partial charge in [0.1, 0.15) is 5.75 Å². The Balaban J connectivity index is 1.61. The number of carbonyl (C=O) groups is 1. The molecule has 3 rings (SSSR count). The van der Waals surface area contributed by atoms with E-state index >= 15 is 0 Å². The van der Waals surface area contributed by atoms with Crippen molar-refractivity contribution < 1.29 is 17.9 Å². The fourth-order valence-electron chi connectivity index (χ4n) is 2.06. The van der Waals surface area contributed by atoms with Crippen molar-refractivity contribution in [2.75, 3.05) is 18.2 Å². The molecule has 0 radical (unpaired) electrons. The lowest BCUT2D eigenvalue weighted by Gasteiger charge is -2.04. The molecular formula is C17H15N3O4S2. The van der Waals surface area contributed by atoms with Crippen LogP contribution < -0.4 is 10.1 Å². The van der Waals surface area contributed by atoms with Gasteiger partial charge in [0, 0.05) is 23.4 Å². The minimum Gasteiger partial charge on any atom is -0.484 e. The second-order valence-corrected chi connectivity index (χ2v) is 8.14. The molecule has 1 aromatic heterocycles. The molecule has 26 heavy (non-hydrogen) atoms. The average Bonchev–Trinajstić information content (AvgIpc) is 3.09. The molecule has 9 heteroatoms. The number of carbonyl (C=O) groups excluding carboxylic acids is 1. The van der Waals surface area contributed by atoms with Crippen molar-refractivity contribution in [3.63, 3.8) is 0 Å². The molecule has 0 saturated heterocycles. The summed E-state index contributed by atoms with van der Waals surface area (Å²) in [5.41, 5.74) is 0.662. The fraction of sp³-hybridized carbons (Fsp3) is 0.118. The normalized spacial score (nSPS) is 11.1. The van der Waals surface area contributed by atoms with Gasteiger partial charge in [-0.05, 0) is 36.4 Å². The van der Waals surface area contributed by atoms with Crippen LogP contribution in [0.2, 0.25) is 0 Å². The van der Waals surface area contributed by atoms with Crippen LogP contribution in [0.15, 0.2) is 59.5 Å².